The first-order chi connectivity index (χ1) is 10.0. The Morgan fingerprint density at radius 2 is 2.19 bits per heavy atom. The largest absolute Gasteiger partial charge is 0.495 e. The lowest BCUT2D eigenvalue weighted by Gasteiger charge is -2.07. The van der Waals surface area contributed by atoms with Crippen molar-refractivity contribution < 1.29 is 9.53 Å². The molecule has 0 saturated heterocycles. The van der Waals surface area contributed by atoms with Crippen molar-refractivity contribution >= 4 is 33.8 Å². The van der Waals surface area contributed by atoms with E-state index in [0.29, 0.717) is 27.9 Å². The van der Waals surface area contributed by atoms with E-state index in [4.69, 9.17) is 22.1 Å². The van der Waals surface area contributed by atoms with Gasteiger partial charge in [-0.2, -0.15) is 0 Å². The van der Waals surface area contributed by atoms with Crippen molar-refractivity contribution in [3.63, 3.8) is 0 Å². The monoisotopic (exact) mass is 324 g/mol. The molecule has 1 aromatic carbocycles. The highest BCUT2D eigenvalue weighted by Crippen LogP contribution is 2.26. The number of methoxy groups -OCH3 is 1. The molecule has 0 atom stereocenters. The summed E-state index contributed by atoms with van der Waals surface area (Å²) in [5, 5.41) is 3.92. The van der Waals surface area contributed by atoms with Crippen LogP contribution in [0.4, 0.5) is 5.00 Å². The highest BCUT2D eigenvalue weighted by molar-refractivity contribution is 7.16. The first kappa shape index (κ1) is 15.7. The van der Waals surface area contributed by atoms with Gasteiger partial charge in [0.1, 0.15) is 5.75 Å². The Morgan fingerprint density at radius 3 is 2.76 bits per heavy atom. The number of benzene rings is 1. The highest BCUT2D eigenvalue weighted by Gasteiger charge is 2.13. The summed E-state index contributed by atoms with van der Waals surface area (Å²) in [4.78, 5) is 13.2. The van der Waals surface area contributed by atoms with E-state index in [1.807, 2.05) is 19.1 Å². The van der Waals surface area contributed by atoms with E-state index in [0.717, 1.165) is 16.9 Å². The van der Waals surface area contributed by atoms with Crippen molar-refractivity contribution in [3.05, 3.63) is 45.3 Å². The topological polar surface area (TPSA) is 64.3 Å². The van der Waals surface area contributed by atoms with Crippen molar-refractivity contribution in [2.24, 2.45) is 0 Å². The lowest BCUT2D eigenvalue weighted by Crippen LogP contribution is -2.23. The predicted octanol–water partition coefficient (Wildman–Crippen LogP) is 3.48. The van der Waals surface area contributed by atoms with Crippen LogP contribution in [0.2, 0.25) is 5.02 Å². The van der Waals surface area contributed by atoms with E-state index in [-0.39, 0.29) is 5.91 Å². The van der Waals surface area contributed by atoms with E-state index in [1.54, 1.807) is 19.2 Å². The first-order valence-electron chi connectivity index (χ1n) is 6.54. The molecular weight excluding hydrogens is 308 g/mol. The van der Waals surface area contributed by atoms with Crippen LogP contribution in [0.5, 0.6) is 5.75 Å². The number of halogens is 1. The molecule has 0 bridgehead atoms. The molecular formula is C15H17ClN2O2S. The van der Waals surface area contributed by atoms with E-state index in [2.05, 4.69) is 5.32 Å². The minimum atomic E-state index is -0.171. The van der Waals surface area contributed by atoms with Crippen LogP contribution >= 0.6 is 22.9 Å². The second kappa shape index (κ2) is 6.83. The number of carbonyl (C=O) groups is 1. The van der Waals surface area contributed by atoms with Crippen LogP contribution in [0.15, 0.2) is 24.3 Å². The lowest BCUT2D eigenvalue weighted by molar-refractivity contribution is 0.0952. The molecule has 0 saturated carbocycles. The van der Waals surface area contributed by atoms with E-state index >= 15 is 0 Å². The summed E-state index contributed by atoms with van der Waals surface area (Å²) < 4.78 is 5.09. The molecule has 6 heteroatoms. The lowest BCUT2D eigenvalue weighted by atomic mass is 10.2. The Labute approximate surface area is 132 Å². The number of rotatable bonds is 5. The van der Waals surface area contributed by atoms with Gasteiger partial charge in [-0.1, -0.05) is 24.6 Å². The molecule has 0 aliphatic carbocycles. The van der Waals surface area contributed by atoms with Gasteiger partial charge in [0.15, 0.2) is 0 Å². The molecule has 2 aromatic rings. The number of aryl methyl sites for hydroxylation is 1. The Hall–Kier alpha value is -1.72. The zero-order valence-corrected chi connectivity index (χ0v) is 13.5. The van der Waals surface area contributed by atoms with Crippen molar-refractivity contribution in [1.82, 2.24) is 5.32 Å². The second-order valence-corrected chi connectivity index (χ2v) is 6.07. The summed E-state index contributed by atoms with van der Waals surface area (Å²) in [5.74, 6) is 0.441. The minimum Gasteiger partial charge on any atom is -0.495 e. The number of hydrogen-bond acceptors (Lipinski definition) is 4. The maximum Gasteiger partial charge on any atom is 0.254 e. The van der Waals surface area contributed by atoms with Gasteiger partial charge >= 0.3 is 0 Å². The molecule has 0 radical (unpaired) electrons. The number of nitrogen functional groups attached to an aromatic ring is 1. The summed E-state index contributed by atoms with van der Waals surface area (Å²) in [6.07, 6.45) is 0.871. The standard InChI is InChI=1S/C15H17ClN2O2S/c1-3-10-7-11(14(17)21-10)15(19)18-8-9-4-5-13(20-2)12(16)6-9/h4-7H,3,8,17H2,1-2H3,(H,18,19). The molecule has 3 N–H and O–H groups in total. The fourth-order valence-electron chi connectivity index (χ4n) is 1.91. The number of thiophene rings is 1. The quantitative estimate of drug-likeness (QED) is 0.885. The number of anilines is 1. The third-order valence-corrected chi connectivity index (χ3v) is 4.48. The molecule has 1 aromatic heterocycles. The first-order valence-corrected chi connectivity index (χ1v) is 7.73. The number of nitrogens with two attached hydrogens (primary N) is 1. The minimum absolute atomic E-state index is 0.171. The van der Waals surface area contributed by atoms with Gasteiger partial charge in [-0.05, 0) is 30.2 Å². The maximum absolute atomic E-state index is 12.1. The number of carbonyl (C=O) groups excluding carboxylic acids is 1. The zero-order valence-electron chi connectivity index (χ0n) is 11.9. The van der Waals surface area contributed by atoms with Crippen molar-refractivity contribution in [1.29, 1.82) is 0 Å². The van der Waals surface area contributed by atoms with Gasteiger partial charge < -0.3 is 15.8 Å². The SMILES string of the molecule is CCc1cc(C(=O)NCc2ccc(OC)c(Cl)c2)c(N)s1. The van der Waals surface area contributed by atoms with Crippen LogP contribution in [-0.2, 0) is 13.0 Å². The molecule has 0 unspecified atom stereocenters. The molecule has 21 heavy (non-hydrogen) atoms. The molecule has 0 fully saturated rings. The molecule has 0 aliphatic heterocycles. The third kappa shape index (κ3) is 3.68. The van der Waals surface area contributed by atoms with Crippen LogP contribution < -0.4 is 15.8 Å². The second-order valence-electron chi connectivity index (χ2n) is 4.50. The molecule has 0 aliphatic rings. The number of amides is 1. The van der Waals surface area contributed by atoms with Crippen LogP contribution in [-0.4, -0.2) is 13.0 Å². The normalized spacial score (nSPS) is 10.4. The van der Waals surface area contributed by atoms with Gasteiger partial charge in [0.25, 0.3) is 5.91 Å². The van der Waals surface area contributed by atoms with Gasteiger partial charge in [-0.25, -0.2) is 0 Å². The van der Waals surface area contributed by atoms with E-state index < -0.39 is 0 Å². The Bertz CT molecular complexity index is 655. The van der Waals surface area contributed by atoms with E-state index in [9.17, 15) is 4.79 Å². The van der Waals surface area contributed by atoms with Crippen molar-refractivity contribution in [2.75, 3.05) is 12.8 Å². The predicted molar refractivity (Wildman–Crippen MR) is 87.3 cm³/mol. The molecule has 0 spiro atoms. The van der Waals surface area contributed by atoms with Gasteiger partial charge in [0.2, 0.25) is 0 Å². The summed E-state index contributed by atoms with van der Waals surface area (Å²) in [7, 11) is 1.56. The molecule has 4 nitrogen and oxygen atoms in total. The van der Waals surface area contributed by atoms with Crippen molar-refractivity contribution in [2.45, 2.75) is 19.9 Å². The summed E-state index contributed by atoms with van der Waals surface area (Å²) in [5.41, 5.74) is 7.31. The Balaban J connectivity index is 2.03. The van der Waals surface area contributed by atoms with Crippen LogP contribution in [0, 0.1) is 0 Å². The third-order valence-electron chi connectivity index (χ3n) is 3.07. The highest BCUT2D eigenvalue weighted by atomic mass is 35.5. The maximum atomic E-state index is 12.1. The summed E-state index contributed by atoms with van der Waals surface area (Å²) in [6.45, 7) is 2.42. The Kier molecular flexibility index (Phi) is 5.09. The van der Waals surface area contributed by atoms with Gasteiger partial charge in [-0.15, -0.1) is 11.3 Å². The summed E-state index contributed by atoms with van der Waals surface area (Å²) >= 11 is 7.50. The number of ether oxygens (including phenoxy) is 1. The van der Waals surface area contributed by atoms with Crippen molar-refractivity contribution in [3.8, 4) is 5.75 Å². The average Bonchev–Trinajstić information content (AvgIpc) is 2.86. The number of hydrogen-bond donors (Lipinski definition) is 2. The van der Waals surface area contributed by atoms with Gasteiger partial charge in [-0.3, -0.25) is 4.79 Å². The molecule has 1 heterocycles. The van der Waals surface area contributed by atoms with Crippen LogP contribution in [0.25, 0.3) is 0 Å². The summed E-state index contributed by atoms with van der Waals surface area (Å²) in [6, 6.07) is 7.25. The smallest absolute Gasteiger partial charge is 0.254 e. The molecule has 2 rings (SSSR count). The van der Waals surface area contributed by atoms with Gasteiger partial charge in [0, 0.05) is 11.4 Å². The fraction of sp³-hybridized carbons (Fsp3) is 0.267. The molecule has 112 valence electrons. The van der Waals surface area contributed by atoms with Crippen LogP contribution in [0.1, 0.15) is 27.7 Å². The molecule has 1 amide bonds. The fourth-order valence-corrected chi connectivity index (χ4v) is 3.05. The average molecular weight is 325 g/mol. The van der Waals surface area contributed by atoms with E-state index in [1.165, 1.54) is 11.3 Å². The van der Waals surface area contributed by atoms with Gasteiger partial charge in [0.05, 0.1) is 22.7 Å². The number of nitrogens with one attached hydrogen (secondary N) is 1. The zero-order chi connectivity index (χ0) is 15.4. The van der Waals surface area contributed by atoms with Crippen LogP contribution in [0.3, 0.4) is 0 Å². The Morgan fingerprint density at radius 1 is 1.43 bits per heavy atom.